The third kappa shape index (κ3) is 3.83. The van der Waals surface area contributed by atoms with Gasteiger partial charge in [0, 0.05) is 13.6 Å². The molecule has 0 atom stereocenters. The van der Waals surface area contributed by atoms with Crippen LogP contribution in [0.1, 0.15) is 22.6 Å². The highest BCUT2D eigenvalue weighted by atomic mass is 127. The fourth-order valence-electron chi connectivity index (χ4n) is 3.99. The summed E-state index contributed by atoms with van der Waals surface area (Å²) in [5.74, 6) is -2.04. The first-order valence-corrected chi connectivity index (χ1v) is 11.7. The molecule has 9 heteroatoms. The minimum Gasteiger partial charge on any atom is -0.507 e. The molecule has 0 fully saturated rings. The molecule has 5 rings (SSSR count). The molecule has 2 aromatic heterocycles. The Labute approximate surface area is 215 Å². The molecule has 0 aliphatic carbocycles. The Kier molecular flexibility index (Phi) is 5.79. The van der Waals surface area contributed by atoms with Crippen LogP contribution in [-0.2, 0) is 0 Å². The summed E-state index contributed by atoms with van der Waals surface area (Å²) in [6.07, 6.45) is 0. The number of halogens is 3. The van der Waals surface area contributed by atoms with Gasteiger partial charge in [-0.1, -0.05) is 35.3 Å². The van der Waals surface area contributed by atoms with Crippen molar-refractivity contribution in [1.29, 1.82) is 0 Å². The molecule has 0 saturated carbocycles. The van der Waals surface area contributed by atoms with Crippen molar-refractivity contribution in [3.63, 3.8) is 0 Å². The highest BCUT2D eigenvalue weighted by Gasteiger charge is 2.32. The third-order valence-electron chi connectivity index (χ3n) is 5.53. The van der Waals surface area contributed by atoms with Gasteiger partial charge in [0.15, 0.2) is 0 Å². The quantitative estimate of drug-likeness (QED) is 0.182. The van der Waals surface area contributed by atoms with E-state index in [1.807, 2.05) is 0 Å². The zero-order valence-electron chi connectivity index (χ0n) is 17.0. The normalized spacial score (nSPS) is 11.5. The average Bonchev–Trinajstić information content (AvgIpc) is 2.80. The Morgan fingerprint density at radius 1 is 0.706 bits per heavy atom. The van der Waals surface area contributed by atoms with Crippen molar-refractivity contribution in [3.05, 3.63) is 112 Å². The molecular formula is C25H13Cl2IO6. The maximum absolute atomic E-state index is 13.1. The number of hydrogen-bond donors (Lipinski definition) is 2. The van der Waals surface area contributed by atoms with E-state index in [1.54, 1.807) is 24.3 Å². The second kappa shape index (κ2) is 8.65. The fraction of sp³-hybridized carbons (Fsp3) is 0.0400. The van der Waals surface area contributed by atoms with E-state index in [0.29, 0.717) is 15.6 Å². The highest BCUT2D eigenvalue weighted by Crippen LogP contribution is 2.42. The number of fused-ring (bicyclic) bond motifs is 2. The number of rotatable bonds is 3. The van der Waals surface area contributed by atoms with Crippen LogP contribution >= 0.6 is 45.8 Å². The van der Waals surface area contributed by atoms with Gasteiger partial charge in [-0.25, -0.2) is 9.59 Å². The van der Waals surface area contributed by atoms with Crippen LogP contribution in [0.25, 0.3) is 21.9 Å². The van der Waals surface area contributed by atoms with Crippen molar-refractivity contribution in [2.75, 3.05) is 0 Å². The lowest BCUT2D eigenvalue weighted by molar-refractivity contribution is 0.441. The van der Waals surface area contributed by atoms with Gasteiger partial charge in [0.25, 0.3) is 0 Å². The summed E-state index contributed by atoms with van der Waals surface area (Å²) >= 11 is 14.3. The Morgan fingerprint density at radius 2 is 1.15 bits per heavy atom. The topological polar surface area (TPSA) is 101 Å². The lowest BCUT2D eigenvalue weighted by Gasteiger charge is -2.20. The lowest BCUT2D eigenvalue weighted by atomic mass is 9.84. The van der Waals surface area contributed by atoms with Gasteiger partial charge in [0.1, 0.15) is 22.7 Å². The smallest absolute Gasteiger partial charge is 0.344 e. The number of benzene rings is 3. The molecule has 3 aromatic carbocycles. The van der Waals surface area contributed by atoms with Crippen LogP contribution in [0.5, 0.6) is 11.5 Å². The predicted octanol–water partition coefficient (Wildman–Crippen LogP) is 6.40. The van der Waals surface area contributed by atoms with Crippen molar-refractivity contribution in [2.45, 2.75) is 5.92 Å². The van der Waals surface area contributed by atoms with Crippen LogP contribution in [0.3, 0.4) is 0 Å². The molecule has 0 bridgehead atoms. The van der Waals surface area contributed by atoms with E-state index in [4.69, 9.17) is 32.0 Å². The molecule has 0 aliphatic heterocycles. The Hall–Kier alpha value is -3.01. The number of hydrogen-bond acceptors (Lipinski definition) is 6. The molecule has 0 aliphatic rings. The first kappa shape index (κ1) is 22.8. The summed E-state index contributed by atoms with van der Waals surface area (Å²) in [7, 11) is 0. The van der Waals surface area contributed by atoms with Gasteiger partial charge in [-0.15, -0.1) is 0 Å². The molecule has 5 aromatic rings. The van der Waals surface area contributed by atoms with Crippen molar-refractivity contribution in [3.8, 4) is 11.5 Å². The van der Waals surface area contributed by atoms with E-state index in [0.717, 1.165) is 3.57 Å². The van der Waals surface area contributed by atoms with Crippen LogP contribution in [0.15, 0.2) is 79.1 Å². The van der Waals surface area contributed by atoms with Gasteiger partial charge in [-0.05, 0) is 76.7 Å². The first-order valence-electron chi connectivity index (χ1n) is 9.90. The van der Waals surface area contributed by atoms with Gasteiger partial charge in [0.05, 0.1) is 27.8 Å². The lowest BCUT2D eigenvalue weighted by Crippen LogP contribution is -2.21. The first-order chi connectivity index (χ1) is 16.2. The fourth-order valence-corrected chi connectivity index (χ4v) is 4.69. The summed E-state index contributed by atoms with van der Waals surface area (Å²) in [6.45, 7) is 0. The van der Waals surface area contributed by atoms with Gasteiger partial charge >= 0.3 is 11.3 Å². The molecule has 0 saturated heterocycles. The van der Waals surface area contributed by atoms with Crippen molar-refractivity contribution in [2.24, 2.45) is 0 Å². The van der Waals surface area contributed by atoms with E-state index in [1.165, 1.54) is 36.4 Å². The number of aromatic hydroxyl groups is 2. The summed E-state index contributed by atoms with van der Waals surface area (Å²) in [5.41, 5.74) is -1.52. The van der Waals surface area contributed by atoms with E-state index in [2.05, 4.69) is 22.6 Å². The minimum atomic E-state index is -1.21. The van der Waals surface area contributed by atoms with Crippen molar-refractivity contribution < 1.29 is 19.0 Å². The molecule has 6 nitrogen and oxygen atoms in total. The van der Waals surface area contributed by atoms with E-state index < -0.39 is 28.7 Å². The minimum absolute atomic E-state index is 0.124. The van der Waals surface area contributed by atoms with Crippen LogP contribution in [0.4, 0.5) is 0 Å². The summed E-state index contributed by atoms with van der Waals surface area (Å²) < 4.78 is 11.8. The van der Waals surface area contributed by atoms with Crippen LogP contribution < -0.4 is 11.3 Å². The average molecular weight is 607 g/mol. The SMILES string of the molecule is O=c1oc2ccc(Cl)cc2c(O)c1C(c1ccc(I)cc1)c1c(O)c2cc(Cl)ccc2oc1=O. The van der Waals surface area contributed by atoms with E-state index in [-0.39, 0.29) is 33.1 Å². The summed E-state index contributed by atoms with van der Waals surface area (Å²) in [5, 5.41) is 23.4. The van der Waals surface area contributed by atoms with Gasteiger partial charge in [0.2, 0.25) is 0 Å². The predicted molar refractivity (Wildman–Crippen MR) is 138 cm³/mol. The Bertz CT molecular complexity index is 1600. The maximum atomic E-state index is 13.1. The second-order valence-electron chi connectivity index (χ2n) is 7.57. The van der Waals surface area contributed by atoms with Gasteiger partial charge in [-0.2, -0.15) is 0 Å². The summed E-state index contributed by atoms with van der Waals surface area (Å²) in [6, 6.07) is 15.8. The highest BCUT2D eigenvalue weighted by molar-refractivity contribution is 14.1. The van der Waals surface area contributed by atoms with E-state index >= 15 is 0 Å². The summed E-state index contributed by atoms with van der Waals surface area (Å²) in [4.78, 5) is 26.3. The van der Waals surface area contributed by atoms with Gasteiger partial charge < -0.3 is 19.0 Å². The third-order valence-corrected chi connectivity index (χ3v) is 6.72. The molecule has 0 unspecified atom stereocenters. The van der Waals surface area contributed by atoms with Crippen molar-refractivity contribution >= 4 is 67.7 Å². The van der Waals surface area contributed by atoms with Crippen LogP contribution in [-0.4, -0.2) is 10.2 Å². The molecule has 170 valence electrons. The van der Waals surface area contributed by atoms with E-state index in [9.17, 15) is 19.8 Å². The second-order valence-corrected chi connectivity index (χ2v) is 9.69. The zero-order valence-corrected chi connectivity index (χ0v) is 20.7. The molecule has 34 heavy (non-hydrogen) atoms. The molecule has 2 N–H and O–H groups in total. The van der Waals surface area contributed by atoms with Crippen LogP contribution in [0, 0.1) is 3.57 Å². The van der Waals surface area contributed by atoms with Gasteiger partial charge in [-0.3, -0.25) is 0 Å². The largest absolute Gasteiger partial charge is 0.507 e. The molecule has 0 radical (unpaired) electrons. The molecule has 2 heterocycles. The Balaban J connectivity index is 1.91. The van der Waals surface area contributed by atoms with Crippen molar-refractivity contribution in [1.82, 2.24) is 0 Å². The zero-order chi connectivity index (χ0) is 24.1. The molecule has 0 amide bonds. The maximum Gasteiger partial charge on any atom is 0.344 e. The molecular weight excluding hydrogens is 594 g/mol. The monoisotopic (exact) mass is 606 g/mol. The molecule has 0 spiro atoms. The van der Waals surface area contributed by atoms with Crippen LogP contribution in [0.2, 0.25) is 10.0 Å². The Morgan fingerprint density at radius 3 is 1.59 bits per heavy atom. The standard InChI is InChI=1S/C25H13Cl2IO6/c26-12-3-7-17-15(9-12)22(29)20(24(31)33-17)19(11-1-5-14(28)6-2-11)21-23(30)16-10-13(27)4-8-18(16)34-25(21)32/h1-10,19,29-30H.